The maximum atomic E-state index is 13.4. The molecule has 3 heterocycles. The standard InChI is InChI=1S/C19H13N3O2S2/c1-12(10-20)26-19-21-17-16(14(11-25-17)15-8-5-9-24-15)18(23)22(19)13-6-3-2-4-7-13/h2-9,11-12H,1H3. The first-order valence-corrected chi connectivity index (χ1v) is 9.65. The van der Waals surface area contributed by atoms with Gasteiger partial charge in [0.25, 0.3) is 5.56 Å². The zero-order valence-corrected chi connectivity index (χ0v) is 15.4. The molecule has 0 bridgehead atoms. The SMILES string of the molecule is CC(C#N)Sc1nc2scc(-c3ccco3)c2c(=O)n1-c1ccccc1. The van der Waals surface area contributed by atoms with Crippen molar-refractivity contribution in [1.82, 2.24) is 9.55 Å². The number of thiophene rings is 1. The summed E-state index contributed by atoms with van der Waals surface area (Å²) in [6, 6.07) is 15.1. The summed E-state index contributed by atoms with van der Waals surface area (Å²) in [6.45, 7) is 1.79. The largest absolute Gasteiger partial charge is 0.464 e. The number of hydrogen-bond donors (Lipinski definition) is 0. The molecule has 0 saturated carbocycles. The summed E-state index contributed by atoms with van der Waals surface area (Å²) in [5.41, 5.74) is 1.29. The second-order valence-corrected chi connectivity index (χ2v) is 7.73. The Balaban J connectivity index is 2.03. The van der Waals surface area contributed by atoms with E-state index in [-0.39, 0.29) is 10.8 Å². The highest BCUT2D eigenvalue weighted by Gasteiger charge is 2.20. The van der Waals surface area contributed by atoms with E-state index in [9.17, 15) is 10.1 Å². The fourth-order valence-corrected chi connectivity index (χ4v) is 4.44. The third kappa shape index (κ3) is 2.83. The van der Waals surface area contributed by atoms with Gasteiger partial charge in [0.2, 0.25) is 0 Å². The van der Waals surface area contributed by atoms with Crippen LogP contribution in [0.4, 0.5) is 0 Å². The molecule has 5 nitrogen and oxygen atoms in total. The molecule has 0 N–H and O–H groups in total. The topological polar surface area (TPSA) is 71.8 Å². The van der Waals surface area contributed by atoms with Crippen LogP contribution in [0.1, 0.15) is 6.92 Å². The molecule has 0 saturated heterocycles. The summed E-state index contributed by atoms with van der Waals surface area (Å²) in [4.78, 5) is 18.7. The minimum atomic E-state index is -0.321. The van der Waals surface area contributed by atoms with Gasteiger partial charge in [-0.3, -0.25) is 9.36 Å². The van der Waals surface area contributed by atoms with Crippen molar-refractivity contribution in [2.24, 2.45) is 0 Å². The lowest BCUT2D eigenvalue weighted by molar-refractivity contribution is 0.583. The molecule has 0 amide bonds. The van der Waals surface area contributed by atoms with Crippen LogP contribution in [0, 0.1) is 11.3 Å². The van der Waals surface area contributed by atoms with Gasteiger partial charge in [-0.25, -0.2) is 4.98 Å². The van der Waals surface area contributed by atoms with Crippen LogP contribution < -0.4 is 5.56 Å². The predicted octanol–water partition coefficient (Wildman–Crippen LogP) is 4.71. The zero-order chi connectivity index (χ0) is 18.1. The molecule has 4 aromatic rings. The van der Waals surface area contributed by atoms with Crippen molar-refractivity contribution >= 4 is 33.3 Å². The summed E-state index contributed by atoms with van der Waals surface area (Å²) in [6.07, 6.45) is 1.58. The van der Waals surface area contributed by atoms with Gasteiger partial charge < -0.3 is 4.42 Å². The van der Waals surface area contributed by atoms with E-state index < -0.39 is 0 Å². The van der Waals surface area contributed by atoms with Crippen LogP contribution in [0.3, 0.4) is 0 Å². The van der Waals surface area contributed by atoms with Crippen LogP contribution >= 0.6 is 23.1 Å². The van der Waals surface area contributed by atoms with Gasteiger partial charge >= 0.3 is 0 Å². The normalized spacial score (nSPS) is 12.2. The number of hydrogen-bond acceptors (Lipinski definition) is 6. The first kappa shape index (κ1) is 16.6. The molecule has 4 rings (SSSR count). The first-order valence-electron chi connectivity index (χ1n) is 7.89. The fourth-order valence-electron chi connectivity index (χ4n) is 2.65. The van der Waals surface area contributed by atoms with E-state index in [1.165, 1.54) is 23.1 Å². The maximum Gasteiger partial charge on any atom is 0.268 e. The zero-order valence-electron chi connectivity index (χ0n) is 13.7. The van der Waals surface area contributed by atoms with E-state index in [0.717, 1.165) is 11.3 Å². The van der Waals surface area contributed by atoms with E-state index in [0.29, 0.717) is 21.1 Å². The third-order valence-electron chi connectivity index (χ3n) is 3.84. The summed E-state index contributed by atoms with van der Waals surface area (Å²) >= 11 is 2.67. The molecule has 1 aromatic carbocycles. The van der Waals surface area contributed by atoms with E-state index in [1.807, 2.05) is 41.8 Å². The van der Waals surface area contributed by atoms with Crippen LogP contribution in [0.25, 0.3) is 27.2 Å². The third-order valence-corrected chi connectivity index (χ3v) is 5.66. The molecule has 0 aliphatic carbocycles. The monoisotopic (exact) mass is 379 g/mol. The minimum Gasteiger partial charge on any atom is -0.464 e. The number of nitriles is 1. The summed E-state index contributed by atoms with van der Waals surface area (Å²) in [5.74, 6) is 0.639. The molecular weight excluding hydrogens is 366 g/mol. The summed E-state index contributed by atoms with van der Waals surface area (Å²) in [5, 5.41) is 11.8. The lowest BCUT2D eigenvalue weighted by Gasteiger charge is -2.13. The van der Waals surface area contributed by atoms with Gasteiger partial charge in [0.15, 0.2) is 5.16 Å². The molecule has 0 radical (unpaired) electrons. The Bertz CT molecular complexity index is 1160. The number of furan rings is 1. The first-order chi connectivity index (χ1) is 12.7. The maximum absolute atomic E-state index is 13.4. The van der Waals surface area contributed by atoms with Crippen LogP contribution in [0.2, 0.25) is 0 Å². The molecule has 0 fully saturated rings. The Morgan fingerprint density at radius 1 is 1.27 bits per heavy atom. The van der Waals surface area contributed by atoms with Gasteiger partial charge in [0.1, 0.15) is 10.6 Å². The minimum absolute atomic E-state index is 0.165. The molecule has 0 aliphatic rings. The Morgan fingerprint density at radius 2 is 2.08 bits per heavy atom. The molecule has 26 heavy (non-hydrogen) atoms. The van der Waals surface area contributed by atoms with Crippen LogP contribution in [0.15, 0.2) is 68.5 Å². The molecule has 1 unspecified atom stereocenters. The van der Waals surface area contributed by atoms with Crippen molar-refractivity contribution in [3.8, 4) is 23.1 Å². The number of nitrogens with zero attached hydrogens (tertiary/aromatic N) is 3. The summed E-state index contributed by atoms with van der Waals surface area (Å²) < 4.78 is 7.05. The lowest BCUT2D eigenvalue weighted by atomic mass is 10.2. The van der Waals surface area contributed by atoms with Gasteiger partial charge in [0.05, 0.1) is 28.7 Å². The second kappa shape index (κ2) is 6.83. The van der Waals surface area contributed by atoms with Crippen molar-refractivity contribution in [3.05, 3.63) is 64.5 Å². The lowest BCUT2D eigenvalue weighted by Crippen LogP contribution is -2.22. The Kier molecular flexibility index (Phi) is 4.37. The van der Waals surface area contributed by atoms with Crippen LogP contribution in [-0.2, 0) is 0 Å². The van der Waals surface area contributed by atoms with Crippen LogP contribution in [0.5, 0.6) is 0 Å². The predicted molar refractivity (Wildman–Crippen MR) is 104 cm³/mol. The van der Waals surface area contributed by atoms with Gasteiger partial charge in [-0.2, -0.15) is 5.26 Å². The Morgan fingerprint density at radius 3 is 2.77 bits per heavy atom. The molecule has 7 heteroatoms. The van der Waals surface area contributed by atoms with E-state index in [1.54, 1.807) is 23.8 Å². The van der Waals surface area contributed by atoms with Crippen molar-refractivity contribution in [1.29, 1.82) is 5.26 Å². The molecule has 0 aliphatic heterocycles. The molecule has 1 atom stereocenters. The van der Waals surface area contributed by atoms with Gasteiger partial charge in [-0.15, -0.1) is 11.3 Å². The number of benzene rings is 1. The van der Waals surface area contributed by atoms with E-state index in [4.69, 9.17) is 4.42 Å². The van der Waals surface area contributed by atoms with Gasteiger partial charge in [-0.05, 0) is 31.2 Å². The molecule has 0 spiro atoms. The smallest absolute Gasteiger partial charge is 0.268 e. The van der Waals surface area contributed by atoms with Crippen LogP contribution in [-0.4, -0.2) is 14.8 Å². The molecule has 128 valence electrons. The number of fused-ring (bicyclic) bond motifs is 1. The molecular formula is C19H13N3O2S2. The van der Waals surface area contributed by atoms with Crippen molar-refractivity contribution in [3.63, 3.8) is 0 Å². The quantitative estimate of drug-likeness (QED) is 0.379. The average Bonchev–Trinajstić information content (AvgIpc) is 3.32. The van der Waals surface area contributed by atoms with Crippen molar-refractivity contribution in [2.45, 2.75) is 17.3 Å². The van der Waals surface area contributed by atoms with E-state index in [2.05, 4.69) is 11.1 Å². The van der Waals surface area contributed by atoms with Crippen molar-refractivity contribution in [2.75, 3.05) is 0 Å². The number of aromatic nitrogens is 2. The highest BCUT2D eigenvalue weighted by atomic mass is 32.2. The Labute approximate surface area is 157 Å². The highest BCUT2D eigenvalue weighted by molar-refractivity contribution is 8.00. The van der Waals surface area contributed by atoms with E-state index >= 15 is 0 Å². The number of thioether (sulfide) groups is 1. The van der Waals surface area contributed by atoms with Gasteiger partial charge in [-0.1, -0.05) is 30.0 Å². The fraction of sp³-hybridized carbons (Fsp3) is 0.105. The Hall–Kier alpha value is -2.82. The van der Waals surface area contributed by atoms with Crippen molar-refractivity contribution < 1.29 is 4.42 Å². The average molecular weight is 379 g/mol. The molecule has 3 aromatic heterocycles. The summed E-state index contributed by atoms with van der Waals surface area (Å²) in [7, 11) is 0. The van der Waals surface area contributed by atoms with Gasteiger partial charge in [0, 0.05) is 10.9 Å². The number of rotatable bonds is 4. The number of para-hydroxylation sites is 1. The second-order valence-electron chi connectivity index (χ2n) is 5.57. The highest BCUT2D eigenvalue weighted by Crippen LogP contribution is 2.33.